The van der Waals surface area contributed by atoms with Crippen molar-refractivity contribution < 1.29 is 21.7 Å². The van der Waals surface area contributed by atoms with E-state index in [1.807, 2.05) is 0 Å². The first-order valence-corrected chi connectivity index (χ1v) is 8.10. The molecule has 4 aromatic carbocycles. The second-order valence-electron chi connectivity index (χ2n) is 5.63. The van der Waals surface area contributed by atoms with Crippen molar-refractivity contribution in [2.75, 3.05) is 0 Å². The summed E-state index contributed by atoms with van der Waals surface area (Å²) in [7, 11) is 0. The molecule has 0 heterocycles. The molecule has 0 saturated carbocycles. The Balaban J connectivity index is 0.000000181. The van der Waals surface area contributed by atoms with Gasteiger partial charge in [-0.05, 0) is 24.0 Å². The Morgan fingerprint density at radius 3 is 1.58 bits per heavy atom. The predicted molar refractivity (Wildman–Crippen MR) is 99.8 cm³/mol. The van der Waals surface area contributed by atoms with Gasteiger partial charge < -0.3 is 0 Å². The SMILES string of the molecule is [Ti].c1ccc(CCc2ccccc2)cc1.c1ccc2[cH-]ccc2c1. The maximum atomic E-state index is 2.18. The van der Waals surface area contributed by atoms with Crippen molar-refractivity contribution in [1.29, 1.82) is 0 Å². The first-order valence-electron chi connectivity index (χ1n) is 8.10. The molecule has 0 nitrogen and oxygen atoms in total. The molecule has 0 unspecified atom stereocenters. The van der Waals surface area contributed by atoms with Gasteiger partial charge in [0, 0.05) is 21.7 Å². The summed E-state index contributed by atoms with van der Waals surface area (Å²) in [6, 6.07) is 35.9. The quantitative estimate of drug-likeness (QED) is 0.314. The zero-order valence-corrected chi connectivity index (χ0v) is 15.3. The van der Waals surface area contributed by atoms with Gasteiger partial charge in [-0.2, -0.15) is 17.5 Å². The van der Waals surface area contributed by atoms with Crippen molar-refractivity contribution in [3.8, 4) is 0 Å². The van der Waals surface area contributed by atoms with E-state index < -0.39 is 0 Å². The van der Waals surface area contributed by atoms with E-state index in [9.17, 15) is 0 Å². The van der Waals surface area contributed by atoms with Gasteiger partial charge in [0.15, 0.2) is 0 Å². The molecule has 4 aromatic rings. The third kappa shape index (κ3) is 5.56. The molecular weight excluding hydrogens is 324 g/mol. The minimum Gasteiger partial charge on any atom is -0.168 e. The summed E-state index contributed by atoms with van der Waals surface area (Å²) < 4.78 is 0. The number of rotatable bonds is 3. The van der Waals surface area contributed by atoms with Crippen LogP contribution >= 0.6 is 0 Å². The molecule has 0 aliphatic heterocycles. The Morgan fingerprint density at radius 2 is 1.04 bits per heavy atom. The molecule has 0 saturated heterocycles. The second-order valence-corrected chi connectivity index (χ2v) is 5.63. The Morgan fingerprint density at radius 1 is 0.542 bits per heavy atom. The standard InChI is InChI=1S/C14H14.C9H7.Ti/c1-3-7-13(8-4-1)11-12-14-9-5-2-6-10-14;1-2-5-9-7-3-6-8(9)4-1;/h1-10H,11-12H2;1-7H;/q;-1;. The van der Waals surface area contributed by atoms with Crippen LogP contribution in [0.15, 0.2) is 103 Å². The van der Waals surface area contributed by atoms with E-state index in [0.717, 1.165) is 12.8 Å². The van der Waals surface area contributed by atoms with Crippen LogP contribution in [0.5, 0.6) is 0 Å². The van der Waals surface area contributed by atoms with Gasteiger partial charge in [0.25, 0.3) is 0 Å². The molecular formula is C23H21Ti-. The fraction of sp³-hybridized carbons (Fsp3) is 0.0870. The zero-order valence-electron chi connectivity index (χ0n) is 13.7. The van der Waals surface area contributed by atoms with Gasteiger partial charge in [-0.3, -0.25) is 0 Å². The first kappa shape index (κ1) is 18.3. The normalized spacial score (nSPS) is 9.67. The van der Waals surface area contributed by atoms with Crippen LogP contribution in [-0.4, -0.2) is 0 Å². The van der Waals surface area contributed by atoms with Crippen LogP contribution in [0.25, 0.3) is 10.8 Å². The topological polar surface area (TPSA) is 0 Å². The Labute approximate surface area is 159 Å². The molecule has 0 aromatic heterocycles. The van der Waals surface area contributed by atoms with Gasteiger partial charge in [0.1, 0.15) is 0 Å². The predicted octanol–water partition coefficient (Wildman–Crippen LogP) is 6.03. The number of aryl methyl sites for hydroxylation is 2. The van der Waals surface area contributed by atoms with Crippen LogP contribution in [0.4, 0.5) is 0 Å². The van der Waals surface area contributed by atoms with Gasteiger partial charge >= 0.3 is 0 Å². The van der Waals surface area contributed by atoms with Crippen molar-refractivity contribution in [3.05, 3.63) is 114 Å². The van der Waals surface area contributed by atoms with Crippen molar-refractivity contribution in [2.45, 2.75) is 12.8 Å². The van der Waals surface area contributed by atoms with Crippen LogP contribution in [0.2, 0.25) is 0 Å². The van der Waals surface area contributed by atoms with E-state index in [1.54, 1.807) is 0 Å². The minimum absolute atomic E-state index is 0. The molecule has 0 fully saturated rings. The minimum atomic E-state index is 0. The van der Waals surface area contributed by atoms with Crippen molar-refractivity contribution in [3.63, 3.8) is 0 Å². The molecule has 4 rings (SSSR count). The smallest absolute Gasteiger partial charge is 0 e. The van der Waals surface area contributed by atoms with Gasteiger partial charge in [-0.15, -0.1) is 29.7 Å². The average Bonchev–Trinajstić information content (AvgIpc) is 3.11. The molecule has 0 radical (unpaired) electrons. The maximum absolute atomic E-state index is 2.18. The van der Waals surface area contributed by atoms with Gasteiger partial charge in [0.05, 0.1) is 0 Å². The largest absolute Gasteiger partial charge is 0.168 e. The molecule has 0 amide bonds. The van der Waals surface area contributed by atoms with Crippen molar-refractivity contribution in [2.24, 2.45) is 0 Å². The van der Waals surface area contributed by atoms with Crippen LogP contribution < -0.4 is 0 Å². The fourth-order valence-corrected chi connectivity index (χ4v) is 2.65. The van der Waals surface area contributed by atoms with E-state index >= 15 is 0 Å². The molecule has 118 valence electrons. The van der Waals surface area contributed by atoms with Crippen LogP contribution in [-0.2, 0) is 34.6 Å². The molecule has 0 bridgehead atoms. The average molecular weight is 345 g/mol. The molecule has 0 atom stereocenters. The molecule has 0 spiro atoms. The third-order valence-electron chi connectivity index (χ3n) is 3.94. The van der Waals surface area contributed by atoms with E-state index in [2.05, 4.69) is 103 Å². The number of fused-ring (bicyclic) bond motifs is 1. The Kier molecular flexibility index (Phi) is 7.62. The summed E-state index contributed by atoms with van der Waals surface area (Å²) in [5, 5.41) is 2.66. The molecule has 24 heavy (non-hydrogen) atoms. The molecule has 0 aliphatic rings. The summed E-state index contributed by atoms with van der Waals surface area (Å²) in [4.78, 5) is 0. The number of benzene rings is 3. The first-order chi connectivity index (χ1) is 11.4. The zero-order chi connectivity index (χ0) is 15.7. The van der Waals surface area contributed by atoms with Gasteiger partial charge in [-0.1, -0.05) is 66.7 Å². The fourth-order valence-electron chi connectivity index (χ4n) is 2.65. The van der Waals surface area contributed by atoms with E-state index in [1.165, 1.54) is 21.9 Å². The van der Waals surface area contributed by atoms with Crippen LogP contribution in [0.3, 0.4) is 0 Å². The summed E-state index contributed by atoms with van der Waals surface area (Å²) in [5.41, 5.74) is 2.83. The van der Waals surface area contributed by atoms with Crippen molar-refractivity contribution in [1.82, 2.24) is 0 Å². The molecule has 0 N–H and O–H groups in total. The monoisotopic (exact) mass is 345 g/mol. The third-order valence-corrected chi connectivity index (χ3v) is 3.94. The second kappa shape index (κ2) is 9.98. The maximum Gasteiger partial charge on any atom is 0 e. The number of hydrogen-bond acceptors (Lipinski definition) is 0. The van der Waals surface area contributed by atoms with E-state index in [4.69, 9.17) is 0 Å². The summed E-state index contributed by atoms with van der Waals surface area (Å²) in [5.74, 6) is 0. The van der Waals surface area contributed by atoms with Crippen LogP contribution in [0, 0.1) is 0 Å². The molecule has 0 aliphatic carbocycles. The van der Waals surface area contributed by atoms with Crippen LogP contribution in [0.1, 0.15) is 11.1 Å². The van der Waals surface area contributed by atoms with E-state index in [0.29, 0.717) is 0 Å². The Hall–Kier alpha value is -2.02. The van der Waals surface area contributed by atoms with E-state index in [-0.39, 0.29) is 21.7 Å². The molecule has 1 heteroatoms. The summed E-state index contributed by atoms with van der Waals surface area (Å²) >= 11 is 0. The summed E-state index contributed by atoms with van der Waals surface area (Å²) in [6.45, 7) is 0. The van der Waals surface area contributed by atoms with Crippen molar-refractivity contribution >= 4 is 10.8 Å². The van der Waals surface area contributed by atoms with Gasteiger partial charge in [-0.25, -0.2) is 0 Å². The van der Waals surface area contributed by atoms with Gasteiger partial charge in [0.2, 0.25) is 0 Å². The Bertz CT molecular complexity index is 746. The number of hydrogen-bond donors (Lipinski definition) is 0. The summed E-state index contributed by atoms with van der Waals surface area (Å²) in [6.07, 6.45) is 2.26.